The Morgan fingerprint density at radius 1 is 0.927 bits per heavy atom. The maximum absolute atomic E-state index is 13.5. The Balaban J connectivity index is 1.45. The fraction of sp³-hybridized carbons (Fsp3) is 0.424. The van der Waals surface area contributed by atoms with Gasteiger partial charge in [0, 0.05) is 19.0 Å². The van der Waals surface area contributed by atoms with Crippen molar-refractivity contribution < 1.29 is 28.8 Å². The lowest BCUT2D eigenvalue weighted by molar-refractivity contribution is -0.124. The number of amides is 1. The van der Waals surface area contributed by atoms with Crippen molar-refractivity contribution in [3.8, 4) is 23.0 Å². The van der Waals surface area contributed by atoms with Crippen LogP contribution in [0.15, 0.2) is 54.6 Å². The van der Waals surface area contributed by atoms with Crippen molar-refractivity contribution in [2.45, 2.75) is 57.4 Å². The van der Waals surface area contributed by atoms with Crippen molar-refractivity contribution in [2.75, 3.05) is 34.4 Å². The summed E-state index contributed by atoms with van der Waals surface area (Å²) in [7, 11) is 4.91. The van der Waals surface area contributed by atoms with Gasteiger partial charge in [0.1, 0.15) is 0 Å². The van der Waals surface area contributed by atoms with Crippen LogP contribution in [0.2, 0.25) is 0 Å². The highest BCUT2D eigenvalue weighted by Crippen LogP contribution is 2.41. The predicted octanol–water partition coefficient (Wildman–Crippen LogP) is 4.42. The number of hydrogen-bond acceptors (Lipinski definition) is 7. The molecule has 0 spiro atoms. The van der Waals surface area contributed by atoms with Gasteiger partial charge in [-0.25, -0.2) is 0 Å². The van der Waals surface area contributed by atoms with Crippen LogP contribution in [-0.4, -0.2) is 62.5 Å². The van der Waals surface area contributed by atoms with E-state index in [4.69, 9.17) is 18.9 Å². The van der Waals surface area contributed by atoms with Crippen LogP contribution < -0.4 is 24.3 Å². The molecule has 0 bridgehead atoms. The van der Waals surface area contributed by atoms with Gasteiger partial charge in [0.05, 0.1) is 46.1 Å². The summed E-state index contributed by atoms with van der Waals surface area (Å²) in [6, 6.07) is 17.5. The topological polar surface area (TPSA) is 89.5 Å². The molecule has 1 aliphatic carbocycles. The Kier molecular flexibility index (Phi) is 8.71. The molecule has 3 aromatic carbocycles. The molecule has 2 N–H and O–H groups in total. The SMILES string of the molecule is COc1ccc(CC2c3cc(OC(C)C)c(OC)cc3CCN2CC(=O)N[C@H]2c3ccccc3C[C@H]2O)cc1OC. The van der Waals surface area contributed by atoms with E-state index in [1.165, 1.54) is 5.56 Å². The van der Waals surface area contributed by atoms with Crippen molar-refractivity contribution in [3.05, 3.63) is 82.4 Å². The van der Waals surface area contributed by atoms with Crippen molar-refractivity contribution in [1.82, 2.24) is 10.2 Å². The van der Waals surface area contributed by atoms with Gasteiger partial charge in [-0.3, -0.25) is 9.69 Å². The highest BCUT2D eigenvalue weighted by Gasteiger charge is 2.34. The Hall–Kier alpha value is -3.75. The number of methoxy groups -OCH3 is 3. The number of benzene rings is 3. The van der Waals surface area contributed by atoms with Gasteiger partial charge in [-0.1, -0.05) is 30.3 Å². The fourth-order valence-electron chi connectivity index (χ4n) is 6.08. The zero-order valence-electron chi connectivity index (χ0n) is 24.5. The van der Waals surface area contributed by atoms with Crippen LogP contribution in [-0.2, 0) is 24.1 Å². The van der Waals surface area contributed by atoms with E-state index in [-0.39, 0.29) is 24.6 Å². The summed E-state index contributed by atoms with van der Waals surface area (Å²) in [4.78, 5) is 15.7. The second-order valence-electron chi connectivity index (χ2n) is 11.0. The summed E-state index contributed by atoms with van der Waals surface area (Å²) in [5.74, 6) is 2.62. The number of nitrogens with one attached hydrogen (secondary N) is 1. The first-order valence-corrected chi connectivity index (χ1v) is 14.2. The fourth-order valence-corrected chi connectivity index (χ4v) is 6.08. The monoisotopic (exact) mass is 560 g/mol. The Morgan fingerprint density at radius 2 is 1.66 bits per heavy atom. The maximum Gasteiger partial charge on any atom is 0.234 e. The number of hydrogen-bond donors (Lipinski definition) is 2. The van der Waals surface area contributed by atoms with Gasteiger partial charge in [-0.2, -0.15) is 0 Å². The Labute approximate surface area is 242 Å². The summed E-state index contributed by atoms with van der Waals surface area (Å²) in [6.07, 6.45) is 1.32. The Morgan fingerprint density at radius 3 is 2.39 bits per heavy atom. The Bertz CT molecular complexity index is 1390. The van der Waals surface area contributed by atoms with E-state index in [0.29, 0.717) is 42.4 Å². The quantitative estimate of drug-likeness (QED) is 0.380. The highest BCUT2D eigenvalue weighted by molar-refractivity contribution is 5.79. The van der Waals surface area contributed by atoms with E-state index in [2.05, 4.69) is 22.3 Å². The second kappa shape index (κ2) is 12.4. The molecule has 8 heteroatoms. The molecule has 2 aliphatic rings. The lowest BCUT2D eigenvalue weighted by Crippen LogP contribution is -2.45. The summed E-state index contributed by atoms with van der Waals surface area (Å²) in [6.45, 7) is 4.89. The number of carbonyl (C=O) groups excluding carboxylic acids is 1. The van der Waals surface area contributed by atoms with Gasteiger partial charge < -0.3 is 29.4 Å². The maximum atomic E-state index is 13.5. The van der Waals surface area contributed by atoms with Crippen molar-refractivity contribution in [3.63, 3.8) is 0 Å². The first-order valence-electron chi connectivity index (χ1n) is 14.2. The van der Waals surface area contributed by atoms with Gasteiger partial charge in [-0.15, -0.1) is 0 Å². The minimum atomic E-state index is -0.635. The van der Waals surface area contributed by atoms with Gasteiger partial charge in [0.2, 0.25) is 5.91 Å². The minimum Gasteiger partial charge on any atom is -0.493 e. The molecular formula is C33H40N2O6. The molecule has 5 rings (SSSR count). The minimum absolute atomic E-state index is 0.0163. The number of ether oxygens (including phenoxy) is 4. The van der Waals surface area contributed by atoms with E-state index in [9.17, 15) is 9.90 Å². The summed E-state index contributed by atoms with van der Waals surface area (Å²) < 4.78 is 22.8. The molecule has 218 valence electrons. The van der Waals surface area contributed by atoms with E-state index >= 15 is 0 Å². The molecular weight excluding hydrogens is 520 g/mol. The summed E-state index contributed by atoms with van der Waals surface area (Å²) >= 11 is 0. The van der Waals surface area contributed by atoms with E-state index in [1.807, 2.05) is 56.3 Å². The molecule has 1 heterocycles. The third-order valence-electron chi connectivity index (χ3n) is 8.00. The number of aliphatic hydroxyl groups is 1. The van der Waals surface area contributed by atoms with Crippen molar-refractivity contribution in [1.29, 1.82) is 0 Å². The van der Waals surface area contributed by atoms with Gasteiger partial charge in [0.25, 0.3) is 0 Å². The first kappa shape index (κ1) is 28.8. The van der Waals surface area contributed by atoms with Crippen LogP contribution >= 0.6 is 0 Å². The zero-order chi connectivity index (χ0) is 29.1. The standard InChI is InChI=1S/C33H40N2O6/c1-20(2)41-31-18-25-23(17-30(31)40-5)12-13-35(26(25)14-21-10-11-28(38-3)29(15-21)39-4)19-32(37)34-33-24-9-7-6-8-22(24)16-27(33)36/h6-11,15,17-18,20,26-27,33,36H,12-14,16,19H2,1-5H3,(H,34,37)/t26?,27-,33+/m1/s1. The van der Waals surface area contributed by atoms with E-state index < -0.39 is 12.1 Å². The molecule has 3 aromatic rings. The molecule has 0 saturated heterocycles. The molecule has 0 aromatic heterocycles. The van der Waals surface area contributed by atoms with Crippen molar-refractivity contribution in [2.24, 2.45) is 0 Å². The van der Waals surface area contributed by atoms with Gasteiger partial charge in [-0.05, 0) is 78.8 Å². The van der Waals surface area contributed by atoms with Crippen molar-refractivity contribution >= 4 is 5.91 Å². The third kappa shape index (κ3) is 6.14. The first-order chi connectivity index (χ1) is 19.8. The third-order valence-corrected chi connectivity index (χ3v) is 8.00. The lowest BCUT2D eigenvalue weighted by Gasteiger charge is -2.38. The molecule has 1 unspecified atom stereocenters. The number of fused-ring (bicyclic) bond motifs is 2. The van der Waals surface area contributed by atoms with Crippen LogP contribution in [0.1, 0.15) is 53.7 Å². The van der Waals surface area contributed by atoms with Crippen LogP contribution in [0.4, 0.5) is 0 Å². The zero-order valence-corrected chi connectivity index (χ0v) is 24.5. The number of aliphatic hydroxyl groups excluding tert-OH is 1. The molecule has 41 heavy (non-hydrogen) atoms. The molecule has 0 radical (unpaired) electrons. The molecule has 8 nitrogen and oxygen atoms in total. The predicted molar refractivity (Wildman–Crippen MR) is 157 cm³/mol. The molecule has 3 atom stereocenters. The summed E-state index contributed by atoms with van der Waals surface area (Å²) in [5.41, 5.74) is 5.42. The molecule has 1 amide bonds. The largest absolute Gasteiger partial charge is 0.493 e. The van der Waals surface area contributed by atoms with Crippen LogP contribution in [0.5, 0.6) is 23.0 Å². The average molecular weight is 561 g/mol. The van der Waals surface area contributed by atoms with Crippen LogP contribution in [0, 0.1) is 0 Å². The molecule has 1 aliphatic heterocycles. The van der Waals surface area contributed by atoms with Crippen LogP contribution in [0.25, 0.3) is 0 Å². The number of rotatable bonds is 10. The average Bonchev–Trinajstić information content (AvgIpc) is 3.28. The van der Waals surface area contributed by atoms with E-state index in [0.717, 1.165) is 28.7 Å². The smallest absolute Gasteiger partial charge is 0.234 e. The van der Waals surface area contributed by atoms with Gasteiger partial charge >= 0.3 is 0 Å². The summed E-state index contributed by atoms with van der Waals surface area (Å²) in [5, 5.41) is 13.8. The normalized spacial score (nSPS) is 19.8. The molecule has 0 saturated carbocycles. The van der Waals surface area contributed by atoms with Gasteiger partial charge in [0.15, 0.2) is 23.0 Å². The lowest BCUT2D eigenvalue weighted by atomic mass is 9.88. The number of carbonyl (C=O) groups is 1. The molecule has 0 fully saturated rings. The highest BCUT2D eigenvalue weighted by atomic mass is 16.5. The van der Waals surface area contributed by atoms with E-state index in [1.54, 1.807) is 21.3 Å². The van der Waals surface area contributed by atoms with Crippen LogP contribution in [0.3, 0.4) is 0 Å². The second-order valence-corrected chi connectivity index (χ2v) is 11.0. The number of nitrogens with zero attached hydrogens (tertiary/aromatic N) is 1.